The number of carbonyl (C=O) groups excluding carboxylic acids is 1. The predicted octanol–water partition coefficient (Wildman–Crippen LogP) is 8.62. The Morgan fingerprint density at radius 3 is 2.65 bits per heavy atom. The molecule has 51 heavy (non-hydrogen) atoms. The molecule has 4 heterocycles. The number of benzene rings is 2. The summed E-state index contributed by atoms with van der Waals surface area (Å²) in [6.07, 6.45) is 6.14. The number of nitrogens with zero attached hydrogens (tertiary/aromatic N) is 4. The number of carbonyl (C=O) groups is 1. The second-order valence-corrected chi connectivity index (χ2v) is 14.9. The maximum absolute atomic E-state index is 17.0. The molecule has 0 spiro atoms. The quantitative estimate of drug-likeness (QED) is 0.131. The highest BCUT2D eigenvalue weighted by molar-refractivity contribution is 7.07. The van der Waals surface area contributed by atoms with Gasteiger partial charge in [0.15, 0.2) is 5.82 Å². The van der Waals surface area contributed by atoms with Gasteiger partial charge in [0.25, 0.3) is 0 Å². The van der Waals surface area contributed by atoms with E-state index in [9.17, 15) is 20.0 Å². The molecule has 2 fully saturated rings. The molecule has 1 saturated heterocycles. The number of H-pyrrole nitrogens is 1. The number of nitrogens with two attached hydrogens (primary N) is 1. The third kappa shape index (κ3) is 7.30. The molecule has 3 aromatic heterocycles. The highest BCUT2D eigenvalue weighted by Crippen LogP contribution is 2.46. The molecule has 0 radical (unpaired) electrons. The summed E-state index contributed by atoms with van der Waals surface area (Å²) in [5.74, 6) is -0.285. The fourth-order valence-electron chi connectivity index (χ4n) is 7.36. The highest BCUT2D eigenvalue weighted by atomic mass is 35.5. The van der Waals surface area contributed by atoms with Crippen molar-refractivity contribution in [1.29, 1.82) is 5.26 Å². The normalized spacial score (nSPS) is 17.0. The van der Waals surface area contributed by atoms with Crippen molar-refractivity contribution in [3.05, 3.63) is 84.4 Å². The fourth-order valence-corrected chi connectivity index (χ4v) is 8.16. The van der Waals surface area contributed by atoms with E-state index in [1.807, 2.05) is 11.0 Å². The lowest BCUT2D eigenvalue weighted by Gasteiger charge is -2.29. The molecule has 2 aliphatic rings. The number of hydrogen-bond acceptors (Lipinski definition) is 7. The number of amides is 1. The van der Waals surface area contributed by atoms with E-state index in [-0.39, 0.29) is 51.3 Å². The minimum Gasteiger partial charge on any atom is -0.387 e. The fraction of sp³-hybridized carbons (Fsp3) is 0.421. The standard InChI is InChI=1S/C35H38Cl2FN5O2.C3H3NOS/c1-3-22(13-15-40)43-28(27-10-6-16-42(27)35(45)20-11-12-20)18-25-32(19(2)44)41-33-24(34(25)43)17-21(7-5-14-39)29(31(33)38)23-8-4-9-26(36)30(23)37;5-3-4-1-2-6-3/h4,8-9,17-20,22,27,44H,3,5-7,10-13,15-16,40H2,1-2H3;1-2H,(H,4,5). The third-order valence-corrected chi connectivity index (χ3v) is 11.3. The Labute approximate surface area is 309 Å². The molecule has 2 aromatic carbocycles. The number of hydrogen-bond donors (Lipinski definition) is 3. The molecule has 1 aliphatic heterocycles. The van der Waals surface area contributed by atoms with Gasteiger partial charge in [-0.15, -0.1) is 0 Å². The van der Waals surface area contributed by atoms with Gasteiger partial charge in [-0.2, -0.15) is 5.26 Å². The van der Waals surface area contributed by atoms with Crippen LogP contribution in [-0.4, -0.2) is 43.5 Å². The summed E-state index contributed by atoms with van der Waals surface area (Å²) in [6.45, 7) is 4.90. The van der Waals surface area contributed by atoms with E-state index in [4.69, 9.17) is 33.9 Å². The summed E-state index contributed by atoms with van der Waals surface area (Å²) in [7, 11) is 0. The molecule has 7 rings (SSSR count). The minimum atomic E-state index is -0.987. The number of nitrogens with one attached hydrogen (secondary N) is 1. The van der Waals surface area contributed by atoms with E-state index in [0.29, 0.717) is 53.2 Å². The van der Waals surface area contributed by atoms with Gasteiger partial charge in [-0.25, -0.2) is 9.37 Å². The van der Waals surface area contributed by atoms with Crippen LogP contribution in [-0.2, 0) is 11.2 Å². The summed E-state index contributed by atoms with van der Waals surface area (Å²) < 4.78 is 19.3. The number of aliphatic hydroxyl groups is 1. The molecule has 3 unspecified atom stereocenters. The topological polar surface area (TPSA) is 141 Å². The zero-order chi connectivity index (χ0) is 36.4. The van der Waals surface area contributed by atoms with E-state index in [0.717, 1.165) is 48.7 Å². The molecule has 268 valence electrons. The predicted molar refractivity (Wildman–Crippen MR) is 202 cm³/mol. The second kappa shape index (κ2) is 15.8. The molecular formula is C38H41Cl2FN6O3S. The van der Waals surface area contributed by atoms with Crippen molar-refractivity contribution in [3.63, 3.8) is 0 Å². The SMILES string of the molecule is CCC(CCN)n1c(C2CCCN2C(=O)C2CC2)cc2c(C(C)O)nc3c(F)c(-c4cccc(Cl)c4Cl)c(CCC#N)cc3c21.O=c1[nH]ccs1. The first kappa shape index (κ1) is 37.0. The maximum Gasteiger partial charge on any atom is 0.304 e. The van der Waals surface area contributed by atoms with Crippen molar-refractivity contribution >= 4 is 62.3 Å². The van der Waals surface area contributed by atoms with E-state index >= 15 is 4.39 Å². The van der Waals surface area contributed by atoms with E-state index in [1.165, 1.54) is 11.3 Å². The molecule has 3 atom stereocenters. The number of nitriles is 1. The van der Waals surface area contributed by atoms with E-state index in [2.05, 4.69) is 28.6 Å². The number of aliphatic hydroxyl groups excluding tert-OH is 1. The molecule has 0 bridgehead atoms. The van der Waals surface area contributed by atoms with Crippen molar-refractivity contribution < 1.29 is 14.3 Å². The Morgan fingerprint density at radius 2 is 2.04 bits per heavy atom. The number of aromatic amines is 1. The Bertz CT molecular complexity index is 2150. The van der Waals surface area contributed by atoms with Gasteiger partial charge in [-0.3, -0.25) is 9.59 Å². The highest BCUT2D eigenvalue weighted by Gasteiger charge is 2.41. The van der Waals surface area contributed by atoms with E-state index < -0.39 is 11.9 Å². The first-order chi connectivity index (χ1) is 24.6. The lowest BCUT2D eigenvalue weighted by molar-refractivity contribution is -0.133. The number of aryl methyl sites for hydroxylation is 1. The smallest absolute Gasteiger partial charge is 0.304 e. The van der Waals surface area contributed by atoms with Crippen molar-refractivity contribution in [2.24, 2.45) is 11.7 Å². The number of thiazole rings is 1. The molecule has 13 heteroatoms. The number of rotatable bonds is 10. The first-order valence-electron chi connectivity index (χ1n) is 17.4. The van der Waals surface area contributed by atoms with Gasteiger partial charge in [0.1, 0.15) is 5.52 Å². The summed E-state index contributed by atoms with van der Waals surface area (Å²) in [5.41, 5.74) is 9.63. The first-order valence-corrected chi connectivity index (χ1v) is 19.1. The van der Waals surface area contributed by atoms with E-state index in [1.54, 1.807) is 36.7 Å². The van der Waals surface area contributed by atoms with Crippen LogP contribution in [0.4, 0.5) is 4.39 Å². The number of aromatic nitrogens is 3. The minimum absolute atomic E-state index is 0.00926. The lowest BCUT2D eigenvalue weighted by Crippen LogP contribution is -2.33. The van der Waals surface area contributed by atoms with Gasteiger partial charge in [-0.1, -0.05) is 53.6 Å². The summed E-state index contributed by atoms with van der Waals surface area (Å²) in [6, 6.07) is 11.1. The molecule has 1 saturated carbocycles. The number of halogens is 3. The van der Waals surface area contributed by atoms with Crippen LogP contribution in [0.2, 0.25) is 10.0 Å². The number of fused-ring (bicyclic) bond motifs is 3. The van der Waals surface area contributed by atoms with Gasteiger partial charge in [-0.05, 0) is 82.2 Å². The average Bonchev–Trinajstić information content (AvgIpc) is 3.44. The second-order valence-electron chi connectivity index (χ2n) is 13.2. The van der Waals surface area contributed by atoms with Crippen LogP contribution in [0.15, 0.2) is 46.7 Å². The van der Waals surface area contributed by atoms with Crippen LogP contribution in [0.25, 0.3) is 32.9 Å². The van der Waals surface area contributed by atoms with Gasteiger partial charge < -0.3 is 25.3 Å². The zero-order valence-corrected chi connectivity index (χ0v) is 30.9. The Hall–Kier alpha value is -3.79. The zero-order valence-electron chi connectivity index (χ0n) is 28.6. The van der Waals surface area contributed by atoms with Gasteiger partial charge in [0.05, 0.1) is 39.5 Å². The molecule has 9 nitrogen and oxygen atoms in total. The van der Waals surface area contributed by atoms with Crippen LogP contribution < -0.4 is 10.6 Å². The summed E-state index contributed by atoms with van der Waals surface area (Å²) >= 11 is 14.2. The summed E-state index contributed by atoms with van der Waals surface area (Å²) in [5, 5.41) is 24.1. The monoisotopic (exact) mass is 750 g/mol. The van der Waals surface area contributed by atoms with Crippen molar-refractivity contribution in [2.45, 2.75) is 83.4 Å². The Kier molecular flexibility index (Phi) is 11.5. The molecule has 4 N–H and O–H groups in total. The average molecular weight is 752 g/mol. The largest absolute Gasteiger partial charge is 0.387 e. The van der Waals surface area contributed by atoms with Gasteiger partial charge >= 0.3 is 4.87 Å². The maximum atomic E-state index is 17.0. The van der Waals surface area contributed by atoms with Crippen LogP contribution in [0.3, 0.4) is 0 Å². The van der Waals surface area contributed by atoms with Crippen LogP contribution >= 0.6 is 34.5 Å². The number of likely N-dealkylation sites (tertiary alicyclic amines) is 1. The Balaban J connectivity index is 0.000000677. The molecular weight excluding hydrogens is 710 g/mol. The van der Waals surface area contributed by atoms with Gasteiger partial charge in [0, 0.05) is 64.1 Å². The molecule has 1 aliphatic carbocycles. The summed E-state index contributed by atoms with van der Waals surface area (Å²) in [4.78, 5) is 32.7. The Morgan fingerprint density at radius 1 is 1.25 bits per heavy atom. The van der Waals surface area contributed by atoms with Crippen LogP contribution in [0.5, 0.6) is 0 Å². The molecule has 5 aromatic rings. The number of pyridine rings is 1. The molecule has 1 amide bonds. The van der Waals surface area contributed by atoms with Crippen molar-refractivity contribution in [2.75, 3.05) is 13.1 Å². The lowest BCUT2D eigenvalue weighted by atomic mass is 9.92. The van der Waals surface area contributed by atoms with Crippen molar-refractivity contribution in [3.8, 4) is 17.2 Å². The van der Waals surface area contributed by atoms with Crippen LogP contribution in [0, 0.1) is 23.1 Å². The third-order valence-electron chi connectivity index (χ3n) is 9.86. The van der Waals surface area contributed by atoms with Crippen LogP contribution in [0.1, 0.15) is 93.9 Å². The van der Waals surface area contributed by atoms with Crippen molar-refractivity contribution in [1.82, 2.24) is 19.4 Å². The van der Waals surface area contributed by atoms with Gasteiger partial charge in [0.2, 0.25) is 5.91 Å².